The van der Waals surface area contributed by atoms with Gasteiger partial charge in [-0.1, -0.05) is 84.9 Å². The second-order valence-corrected chi connectivity index (χ2v) is 9.06. The molecule has 0 aliphatic carbocycles. The molecule has 7 rings (SSSR count). The molecule has 5 aromatic carbocycles. The summed E-state index contributed by atoms with van der Waals surface area (Å²) >= 11 is 0. The van der Waals surface area contributed by atoms with E-state index in [1.54, 1.807) is 4.80 Å². The summed E-state index contributed by atoms with van der Waals surface area (Å²) in [4.78, 5) is 5.84. The number of hydrogen-bond acceptors (Lipinski definition) is 3. The minimum absolute atomic E-state index is 0.872. The third kappa shape index (κ3) is 3.85. The van der Waals surface area contributed by atoms with Gasteiger partial charge in [0.1, 0.15) is 11.0 Å². The Balaban J connectivity index is 1.35. The van der Waals surface area contributed by atoms with E-state index in [0.29, 0.717) is 0 Å². The summed E-state index contributed by atoms with van der Waals surface area (Å²) in [6, 6.07) is 42.1. The summed E-state index contributed by atoms with van der Waals surface area (Å²) in [7, 11) is 0. The smallest absolute Gasteiger partial charge is 0.121 e. The first kappa shape index (κ1) is 21.2. The highest BCUT2D eigenvalue weighted by molar-refractivity contribution is 6.11. The number of nitrogens with zero attached hydrogens (tertiary/aromatic N) is 4. The van der Waals surface area contributed by atoms with E-state index in [9.17, 15) is 0 Å². The molecule has 0 radical (unpaired) electrons. The van der Waals surface area contributed by atoms with Gasteiger partial charge in [-0.15, -0.1) is 10.2 Å². The predicted molar refractivity (Wildman–Crippen MR) is 150 cm³/mol. The van der Waals surface area contributed by atoms with Gasteiger partial charge < -0.3 is 0 Å². The molecule has 0 bridgehead atoms. The monoisotopic (exact) mass is 474 g/mol. The van der Waals surface area contributed by atoms with Crippen LogP contribution in [0, 0.1) is 0 Å². The minimum atomic E-state index is 0.872. The van der Waals surface area contributed by atoms with Crippen molar-refractivity contribution in [1.29, 1.82) is 0 Å². The summed E-state index contributed by atoms with van der Waals surface area (Å²) in [5.41, 5.74) is 9.68. The zero-order valence-electron chi connectivity index (χ0n) is 20.0. The molecular weight excluding hydrogens is 452 g/mol. The predicted octanol–water partition coefficient (Wildman–Crippen LogP) is 7.97. The molecule has 0 spiro atoms. The fourth-order valence-electron chi connectivity index (χ4n) is 4.93. The van der Waals surface area contributed by atoms with Gasteiger partial charge in [0.05, 0.1) is 5.69 Å². The molecule has 7 aromatic rings. The molecule has 0 fully saturated rings. The number of aromatic nitrogens is 4. The van der Waals surface area contributed by atoms with Crippen molar-refractivity contribution >= 4 is 21.8 Å². The van der Waals surface area contributed by atoms with Crippen molar-refractivity contribution in [3.63, 3.8) is 0 Å². The molecular formula is C33H22N4. The van der Waals surface area contributed by atoms with Crippen LogP contribution in [0.5, 0.6) is 0 Å². The topological polar surface area (TPSA) is 43.6 Å². The lowest BCUT2D eigenvalue weighted by Gasteiger charge is -2.09. The van der Waals surface area contributed by atoms with E-state index in [1.807, 2.05) is 30.6 Å². The summed E-state index contributed by atoms with van der Waals surface area (Å²) in [6.45, 7) is 0. The summed E-state index contributed by atoms with van der Waals surface area (Å²) in [6.07, 6.45) is 3.62. The first-order chi connectivity index (χ1) is 18.3. The lowest BCUT2D eigenvalue weighted by Crippen LogP contribution is -1.98. The van der Waals surface area contributed by atoms with Crippen LogP contribution in [0.4, 0.5) is 0 Å². The molecule has 2 aromatic heterocycles. The van der Waals surface area contributed by atoms with Gasteiger partial charge in [0, 0.05) is 17.8 Å². The van der Waals surface area contributed by atoms with Gasteiger partial charge in [-0.2, -0.15) is 4.80 Å². The van der Waals surface area contributed by atoms with Crippen LogP contribution in [-0.4, -0.2) is 20.0 Å². The van der Waals surface area contributed by atoms with Crippen molar-refractivity contribution in [3.05, 3.63) is 134 Å². The third-order valence-electron chi connectivity index (χ3n) is 6.79. The van der Waals surface area contributed by atoms with E-state index in [0.717, 1.165) is 44.4 Å². The number of pyridine rings is 1. The number of fused-ring (bicyclic) bond motifs is 3. The van der Waals surface area contributed by atoms with Crippen molar-refractivity contribution in [2.24, 2.45) is 0 Å². The van der Waals surface area contributed by atoms with Crippen LogP contribution in [-0.2, 0) is 0 Å². The summed E-state index contributed by atoms with van der Waals surface area (Å²) < 4.78 is 0. The lowest BCUT2D eigenvalue weighted by molar-refractivity contribution is 0.766. The number of hydrogen-bond donors (Lipinski definition) is 0. The molecule has 37 heavy (non-hydrogen) atoms. The standard InChI is InChI=1S/C33H22N4/c1-2-7-23(8-3-1)26-9-6-10-27(21-26)31-22-32-33(30-12-5-4-11-29(30)31)36-37(35-32)28-15-13-24(14-16-28)25-17-19-34-20-18-25/h1-22H. The van der Waals surface area contributed by atoms with Gasteiger partial charge in [0.25, 0.3) is 0 Å². The Hall–Kier alpha value is -5.09. The maximum Gasteiger partial charge on any atom is 0.121 e. The fraction of sp³-hybridized carbons (Fsp3) is 0. The van der Waals surface area contributed by atoms with Crippen molar-refractivity contribution in [2.75, 3.05) is 0 Å². The van der Waals surface area contributed by atoms with Gasteiger partial charge >= 0.3 is 0 Å². The minimum Gasteiger partial charge on any atom is -0.265 e. The zero-order chi connectivity index (χ0) is 24.6. The number of rotatable bonds is 4. The second kappa shape index (κ2) is 8.85. The highest BCUT2D eigenvalue weighted by Crippen LogP contribution is 2.35. The van der Waals surface area contributed by atoms with E-state index in [-0.39, 0.29) is 0 Å². The average Bonchev–Trinajstić information content (AvgIpc) is 3.43. The SMILES string of the molecule is c1ccc(-c2cccc(-c3cc4nn(-c5ccc(-c6ccncc6)cc5)nc4c4ccccc34)c2)cc1. The van der Waals surface area contributed by atoms with Gasteiger partial charge in [0.15, 0.2) is 0 Å². The zero-order valence-corrected chi connectivity index (χ0v) is 20.0. The molecule has 2 heterocycles. The highest BCUT2D eigenvalue weighted by Gasteiger charge is 2.14. The fourth-order valence-corrected chi connectivity index (χ4v) is 4.93. The van der Waals surface area contributed by atoms with E-state index < -0.39 is 0 Å². The lowest BCUT2D eigenvalue weighted by atomic mass is 9.94. The normalized spacial score (nSPS) is 11.2. The molecule has 0 N–H and O–H groups in total. The molecule has 4 nitrogen and oxygen atoms in total. The molecule has 0 unspecified atom stereocenters. The van der Waals surface area contributed by atoms with Crippen LogP contribution in [0.15, 0.2) is 134 Å². The van der Waals surface area contributed by atoms with Crippen molar-refractivity contribution in [2.45, 2.75) is 0 Å². The molecule has 174 valence electrons. The van der Waals surface area contributed by atoms with Crippen LogP contribution >= 0.6 is 0 Å². The quantitative estimate of drug-likeness (QED) is 0.260. The van der Waals surface area contributed by atoms with Crippen molar-refractivity contribution in [3.8, 4) is 39.1 Å². The van der Waals surface area contributed by atoms with Crippen LogP contribution < -0.4 is 0 Å². The Kier molecular flexibility index (Phi) is 5.07. The van der Waals surface area contributed by atoms with E-state index >= 15 is 0 Å². The van der Waals surface area contributed by atoms with Crippen LogP contribution in [0.1, 0.15) is 0 Å². The Labute approximate surface area is 214 Å². The second-order valence-electron chi connectivity index (χ2n) is 9.06. The van der Waals surface area contributed by atoms with E-state index in [2.05, 4.69) is 108 Å². The van der Waals surface area contributed by atoms with Gasteiger partial charge in [0.2, 0.25) is 0 Å². The summed E-state index contributed by atoms with van der Waals surface area (Å²) in [5.74, 6) is 0. The molecule has 0 amide bonds. The molecule has 0 aliphatic heterocycles. The van der Waals surface area contributed by atoms with Crippen LogP contribution in [0.25, 0.3) is 60.9 Å². The highest BCUT2D eigenvalue weighted by atomic mass is 15.5. The first-order valence-electron chi connectivity index (χ1n) is 12.3. The Bertz CT molecular complexity index is 1850. The van der Waals surface area contributed by atoms with Crippen molar-refractivity contribution in [1.82, 2.24) is 20.0 Å². The van der Waals surface area contributed by atoms with Gasteiger partial charge in [-0.25, -0.2) is 0 Å². The molecule has 0 saturated carbocycles. The van der Waals surface area contributed by atoms with Crippen LogP contribution in [0.3, 0.4) is 0 Å². The average molecular weight is 475 g/mol. The van der Waals surface area contributed by atoms with E-state index in [4.69, 9.17) is 10.2 Å². The summed E-state index contributed by atoms with van der Waals surface area (Å²) in [5, 5.41) is 12.1. The Morgan fingerprint density at radius 3 is 1.92 bits per heavy atom. The third-order valence-corrected chi connectivity index (χ3v) is 6.79. The first-order valence-corrected chi connectivity index (χ1v) is 12.3. The van der Waals surface area contributed by atoms with Crippen molar-refractivity contribution < 1.29 is 0 Å². The Morgan fingerprint density at radius 1 is 0.459 bits per heavy atom. The molecule has 0 atom stereocenters. The van der Waals surface area contributed by atoms with Gasteiger partial charge in [-0.3, -0.25) is 4.98 Å². The maximum atomic E-state index is 4.91. The molecule has 0 saturated heterocycles. The van der Waals surface area contributed by atoms with Gasteiger partial charge in [-0.05, 0) is 75.2 Å². The molecule has 0 aliphatic rings. The Morgan fingerprint density at radius 2 is 1.11 bits per heavy atom. The van der Waals surface area contributed by atoms with Crippen LogP contribution in [0.2, 0.25) is 0 Å². The number of benzene rings is 5. The largest absolute Gasteiger partial charge is 0.265 e. The molecule has 4 heteroatoms. The maximum absolute atomic E-state index is 4.91. The van der Waals surface area contributed by atoms with E-state index in [1.165, 1.54) is 16.5 Å².